The van der Waals surface area contributed by atoms with Gasteiger partial charge in [0.2, 0.25) is 11.7 Å². The van der Waals surface area contributed by atoms with E-state index in [4.69, 9.17) is 4.52 Å². The van der Waals surface area contributed by atoms with Gasteiger partial charge in [0.15, 0.2) is 0 Å². The molecule has 3 rings (SSSR count). The highest BCUT2D eigenvalue weighted by Gasteiger charge is 2.42. The van der Waals surface area contributed by atoms with E-state index in [9.17, 15) is 14.3 Å². The fourth-order valence-electron chi connectivity index (χ4n) is 2.88. The third-order valence-electron chi connectivity index (χ3n) is 4.05. The molecular formula is C15H15FN2O3. The van der Waals surface area contributed by atoms with Gasteiger partial charge in [-0.05, 0) is 25.0 Å². The smallest absolute Gasteiger partial charge is 0.310 e. The van der Waals surface area contributed by atoms with Crippen molar-refractivity contribution < 1.29 is 18.8 Å². The molecule has 0 unspecified atom stereocenters. The Kier molecular flexibility index (Phi) is 3.45. The zero-order valence-electron chi connectivity index (χ0n) is 11.4. The molecule has 0 saturated heterocycles. The van der Waals surface area contributed by atoms with Gasteiger partial charge in [-0.2, -0.15) is 4.98 Å². The van der Waals surface area contributed by atoms with Crippen LogP contribution in [0.5, 0.6) is 0 Å². The van der Waals surface area contributed by atoms with Gasteiger partial charge in [0.1, 0.15) is 5.82 Å². The molecule has 1 aromatic carbocycles. The van der Waals surface area contributed by atoms with E-state index >= 15 is 0 Å². The van der Waals surface area contributed by atoms with Crippen molar-refractivity contribution in [3.05, 3.63) is 36.0 Å². The summed E-state index contributed by atoms with van der Waals surface area (Å²) in [6, 6.07) is 5.90. The first-order chi connectivity index (χ1) is 10.1. The maximum atomic E-state index is 13.2. The fraction of sp³-hybridized carbons (Fsp3) is 0.400. The molecule has 0 bridgehead atoms. The van der Waals surface area contributed by atoms with Crippen LogP contribution in [0.25, 0.3) is 11.4 Å². The lowest BCUT2D eigenvalue weighted by molar-refractivity contribution is -0.148. The Morgan fingerprint density at radius 3 is 2.81 bits per heavy atom. The van der Waals surface area contributed by atoms with Crippen LogP contribution in [0.3, 0.4) is 0 Å². The van der Waals surface area contributed by atoms with Crippen molar-refractivity contribution >= 4 is 5.97 Å². The summed E-state index contributed by atoms with van der Waals surface area (Å²) in [5.41, 5.74) is -0.285. The number of aromatic nitrogens is 2. The van der Waals surface area contributed by atoms with Crippen molar-refractivity contribution in [1.29, 1.82) is 0 Å². The average molecular weight is 290 g/mol. The van der Waals surface area contributed by atoms with Crippen molar-refractivity contribution in [2.24, 2.45) is 5.41 Å². The minimum absolute atomic E-state index is 0.227. The molecule has 1 saturated carbocycles. The molecule has 0 aliphatic heterocycles. The Hall–Kier alpha value is -2.24. The van der Waals surface area contributed by atoms with Gasteiger partial charge in [-0.1, -0.05) is 30.1 Å². The van der Waals surface area contributed by atoms with Crippen LogP contribution in [0.4, 0.5) is 4.39 Å². The van der Waals surface area contributed by atoms with Gasteiger partial charge in [0.05, 0.1) is 5.41 Å². The molecule has 2 aromatic rings. The van der Waals surface area contributed by atoms with Crippen molar-refractivity contribution in [3.8, 4) is 11.4 Å². The predicted molar refractivity (Wildman–Crippen MR) is 71.9 cm³/mol. The molecule has 0 radical (unpaired) electrons. The second kappa shape index (κ2) is 5.27. The van der Waals surface area contributed by atoms with Crippen LogP contribution in [0, 0.1) is 11.2 Å². The maximum absolute atomic E-state index is 13.2. The first kappa shape index (κ1) is 13.7. The SMILES string of the molecule is O=C(O)C1(Cc2nc(-c3cccc(F)c3)no2)CCCC1. The quantitative estimate of drug-likeness (QED) is 0.936. The van der Waals surface area contributed by atoms with E-state index in [0.29, 0.717) is 24.3 Å². The molecular weight excluding hydrogens is 275 g/mol. The Morgan fingerprint density at radius 1 is 1.38 bits per heavy atom. The Balaban J connectivity index is 1.83. The largest absolute Gasteiger partial charge is 0.481 e. The highest BCUT2D eigenvalue weighted by Crippen LogP contribution is 2.41. The summed E-state index contributed by atoms with van der Waals surface area (Å²) >= 11 is 0. The van der Waals surface area contributed by atoms with Crippen molar-refractivity contribution in [2.45, 2.75) is 32.1 Å². The summed E-state index contributed by atoms with van der Waals surface area (Å²) < 4.78 is 18.3. The van der Waals surface area contributed by atoms with E-state index in [2.05, 4.69) is 10.1 Å². The lowest BCUT2D eigenvalue weighted by Gasteiger charge is -2.21. The van der Waals surface area contributed by atoms with Crippen LogP contribution in [0.15, 0.2) is 28.8 Å². The predicted octanol–water partition coefficient (Wildman–Crippen LogP) is 3.06. The minimum Gasteiger partial charge on any atom is -0.481 e. The summed E-state index contributed by atoms with van der Waals surface area (Å²) in [5.74, 6) is -0.622. The molecule has 110 valence electrons. The number of aliphatic carboxylic acids is 1. The first-order valence-electron chi connectivity index (χ1n) is 6.91. The van der Waals surface area contributed by atoms with E-state index in [1.165, 1.54) is 12.1 Å². The van der Waals surface area contributed by atoms with Crippen LogP contribution in [-0.2, 0) is 11.2 Å². The van der Waals surface area contributed by atoms with Gasteiger partial charge in [-0.15, -0.1) is 0 Å². The number of hydrogen-bond donors (Lipinski definition) is 1. The highest BCUT2D eigenvalue weighted by atomic mass is 19.1. The number of carboxylic acid groups (broad SMARTS) is 1. The third kappa shape index (κ3) is 2.66. The maximum Gasteiger partial charge on any atom is 0.310 e. The standard InChI is InChI=1S/C15H15FN2O3/c16-11-5-3-4-10(8-11)13-17-12(21-18-13)9-15(14(19)20)6-1-2-7-15/h3-5,8H,1-2,6-7,9H2,(H,19,20). The van der Waals surface area contributed by atoms with Gasteiger partial charge >= 0.3 is 5.97 Å². The summed E-state index contributed by atoms with van der Waals surface area (Å²) in [5, 5.41) is 13.3. The lowest BCUT2D eigenvalue weighted by Crippen LogP contribution is -2.30. The number of hydrogen-bond acceptors (Lipinski definition) is 4. The molecule has 1 aliphatic rings. The second-order valence-corrected chi connectivity index (χ2v) is 5.49. The lowest BCUT2D eigenvalue weighted by atomic mass is 9.83. The van der Waals surface area contributed by atoms with Gasteiger partial charge in [-0.25, -0.2) is 4.39 Å². The van der Waals surface area contributed by atoms with Crippen LogP contribution >= 0.6 is 0 Å². The van der Waals surface area contributed by atoms with Gasteiger partial charge in [-0.3, -0.25) is 4.79 Å². The molecule has 0 spiro atoms. The van der Waals surface area contributed by atoms with Crippen LogP contribution in [0.2, 0.25) is 0 Å². The van der Waals surface area contributed by atoms with Gasteiger partial charge < -0.3 is 9.63 Å². The molecule has 1 aromatic heterocycles. The van der Waals surface area contributed by atoms with E-state index in [-0.39, 0.29) is 18.1 Å². The van der Waals surface area contributed by atoms with E-state index in [1.54, 1.807) is 12.1 Å². The average Bonchev–Trinajstić information content (AvgIpc) is 3.09. The van der Waals surface area contributed by atoms with Crippen molar-refractivity contribution in [3.63, 3.8) is 0 Å². The highest BCUT2D eigenvalue weighted by molar-refractivity contribution is 5.75. The molecule has 0 atom stereocenters. The van der Waals surface area contributed by atoms with Crippen LogP contribution < -0.4 is 0 Å². The summed E-state index contributed by atoms with van der Waals surface area (Å²) in [6.07, 6.45) is 3.28. The Morgan fingerprint density at radius 2 is 2.14 bits per heavy atom. The Labute approximate surface area is 120 Å². The van der Waals surface area contributed by atoms with Crippen LogP contribution in [-0.4, -0.2) is 21.2 Å². The van der Waals surface area contributed by atoms with Crippen LogP contribution in [0.1, 0.15) is 31.6 Å². The van der Waals surface area contributed by atoms with Crippen molar-refractivity contribution in [2.75, 3.05) is 0 Å². The molecule has 6 heteroatoms. The van der Waals surface area contributed by atoms with Crippen molar-refractivity contribution in [1.82, 2.24) is 10.1 Å². The number of nitrogens with zero attached hydrogens (tertiary/aromatic N) is 2. The third-order valence-corrected chi connectivity index (χ3v) is 4.05. The molecule has 1 aliphatic carbocycles. The Bertz CT molecular complexity index is 662. The number of carboxylic acids is 1. The van der Waals surface area contributed by atoms with E-state index in [0.717, 1.165) is 12.8 Å². The molecule has 0 amide bonds. The number of benzene rings is 1. The van der Waals surface area contributed by atoms with E-state index in [1.807, 2.05) is 0 Å². The molecule has 1 N–H and O–H groups in total. The topological polar surface area (TPSA) is 76.2 Å². The molecule has 5 nitrogen and oxygen atoms in total. The minimum atomic E-state index is -0.814. The number of rotatable bonds is 4. The molecule has 21 heavy (non-hydrogen) atoms. The van der Waals surface area contributed by atoms with Gasteiger partial charge in [0, 0.05) is 12.0 Å². The second-order valence-electron chi connectivity index (χ2n) is 5.49. The number of halogens is 1. The zero-order valence-corrected chi connectivity index (χ0v) is 11.4. The fourth-order valence-corrected chi connectivity index (χ4v) is 2.88. The molecule has 1 heterocycles. The monoisotopic (exact) mass is 290 g/mol. The number of carbonyl (C=O) groups is 1. The summed E-state index contributed by atoms with van der Waals surface area (Å²) in [4.78, 5) is 15.7. The summed E-state index contributed by atoms with van der Waals surface area (Å²) in [7, 11) is 0. The molecule has 1 fully saturated rings. The zero-order chi connectivity index (χ0) is 14.9. The normalized spacial score (nSPS) is 17.0. The van der Waals surface area contributed by atoms with E-state index < -0.39 is 11.4 Å². The van der Waals surface area contributed by atoms with Gasteiger partial charge in [0.25, 0.3) is 0 Å². The summed E-state index contributed by atoms with van der Waals surface area (Å²) in [6.45, 7) is 0. The first-order valence-corrected chi connectivity index (χ1v) is 6.91.